The molecule has 0 aromatic rings. The van der Waals surface area contributed by atoms with E-state index in [0.717, 1.165) is 0 Å². The van der Waals surface area contributed by atoms with Gasteiger partial charge in [-0.05, 0) is 26.7 Å². The number of hydrogen-bond donors (Lipinski definition) is 1. The second-order valence-corrected chi connectivity index (χ2v) is 8.02. The van der Waals surface area contributed by atoms with Crippen LogP contribution >= 0.6 is 10.7 Å². The Labute approximate surface area is 107 Å². The zero-order valence-corrected chi connectivity index (χ0v) is 12.4. The van der Waals surface area contributed by atoms with Gasteiger partial charge in [0.05, 0.1) is 5.75 Å². The molecule has 0 aliphatic carbocycles. The van der Waals surface area contributed by atoms with Gasteiger partial charge in [0.1, 0.15) is 5.60 Å². The summed E-state index contributed by atoms with van der Waals surface area (Å²) in [6.07, 6.45) is -0.642. The van der Waals surface area contributed by atoms with Gasteiger partial charge >= 0.3 is 6.09 Å². The normalized spacial score (nSPS) is 14.5. The van der Waals surface area contributed by atoms with Gasteiger partial charge in [0.25, 0.3) is 0 Å². The van der Waals surface area contributed by atoms with Crippen molar-refractivity contribution in [1.29, 1.82) is 0 Å². The van der Waals surface area contributed by atoms with E-state index in [2.05, 4.69) is 5.32 Å². The molecule has 0 aromatic heterocycles. The Kier molecular flexibility index (Phi) is 5.74. The summed E-state index contributed by atoms with van der Waals surface area (Å²) in [4.78, 5) is 11.5. The van der Waals surface area contributed by atoms with Crippen LogP contribution < -0.4 is 5.32 Å². The first-order valence-electron chi connectivity index (χ1n) is 5.32. The maximum Gasteiger partial charge on any atom is 0.407 e. The third-order valence-corrected chi connectivity index (χ3v) is 3.02. The second-order valence-electron chi connectivity index (χ2n) is 5.20. The topological polar surface area (TPSA) is 72.5 Å². The number of hydrogen-bond acceptors (Lipinski definition) is 4. The van der Waals surface area contributed by atoms with E-state index >= 15 is 0 Å². The third kappa shape index (κ3) is 9.23. The van der Waals surface area contributed by atoms with E-state index in [1.165, 1.54) is 0 Å². The lowest BCUT2D eigenvalue weighted by atomic mass is 10.1. The molecule has 5 nitrogen and oxygen atoms in total. The maximum atomic E-state index is 11.5. The van der Waals surface area contributed by atoms with Gasteiger partial charge in [-0.15, -0.1) is 0 Å². The molecule has 17 heavy (non-hydrogen) atoms. The minimum absolute atomic E-state index is 0.0592. The number of carbonyl (C=O) groups excluding carboxylic acids is 1. The van der Waals surface area contributed by atoms with E-state index in [1.807, 2.05) is 0 Å². The van der Waals surface area contributed by atoms with Crippen molar-refractivity contribution in [2.45, 2.75) is 46.3 Å². The monoisotopic (exact) mass is 285 g/mol. The van der Waals surface area contributed by atoms with Crippen LogP contribution in [0.2, 0.25) is 0 Å². The SMILES string of the molecule is CC(C)[C@@H](CS(=O)(=O)Cl)NC(=O)OC(C)(C)C. The summed E-state index contributed by atoms with van der Waals surface area (Å²) in [6.45, 7) is 8.79. The minimum Gasteiger partial charge on any atom is -0.444 e. The molecule has 0 aliphatic rings. The Balaban J connectivity index is 4.52. The quantitative estimate of drug-likeness (QED) is 0.803. The minimum atomic E-state index is -3.66. The molecular weight excluding hydrogens is 266 g/mol. The van der Waals surface area contributed by atoms with E-state index in [4.69, 9.17) is 15.4 Å². The lowest BCUT2D eigenvalue weighted by Crippen LogP contribution is -2.44. The van der Waals surface area contributed by atoms with E-state index in [0.29, 0.717) is 0 Å². The molecule has 0 saturated carbocycles. The molecule has 0 heterocycles. The lowest BCUT2D eigenvalue weighted by Gasteiger charge is -2.24. The smallest absolute Gasteiger partial charge is 0.407 e. The van der Waals surface area contributed by atoms with Gasteiger partial charge < -0.3 is 10.1 Å². The molecule has 0 aliphatic heterocycles. The number of nitrogens with one attached hydrogen (secondary N) is 1. The van der Waals surface area contributed by atoms with Crippen LogP contribution in [-0.4, -0.2) is 31.9 Å². The van der Waals surface area contributed by atoms with Gasteiger partial charge in [-0.2, -0.15) is 0 Å². The van der Waals surface area contributed by atoms with E-state index in [9.17, 15) is 13.2 Å². The summed E-state index contributed by atoms with van der Waals surface area (Å²) in [5.74, 6) is -0.373. The number of alkyl carbamates (subject to hydrolysis) is 1. The highest BCUT2D eigenvalue weighted by molar-refractivity contribution is 8.13. The van der Waals surface area contributed by atoms with Gasteiger partial charge in [0, 0.05) is 16.7 Å². The predicted molar refractivity (Wildman–Crippen MR) is 67.6 cm³/mol. The average molecular weight is 286 g/mol. The molecule has 1 atom stereocenters. The van der Waals surface area contributed by atoms with Crippen LogP contribution in [0.3, 0.4) is 0 Å². The highest BCUT2D eigenvalue weighted by Gasteiger charge is 2.25. The van der Waals surface area contributed by atoms with E-state index in [1.54, 1.807) is 34.6 Å². The number of carbonyl (C=O) groups is 1. The lowest BCUT2D eigenvalue weighted by molar-refractivity contribution is 0.0497. The summed E-state index contributed by atoms with van der Waals surface area (Å²) in [5, 5.41) is 2.50. The van der Waals surface area contributed by atoms with Crippen LogP contribution in [0.15, 0.2) is 0 Å². The fraction of sp³-hybridized carbons (Fsp3) is 0.900. The Morgan fingerprint density at radius 1 is 1.35 bits per heavy atom. The van der Waals surface area contributed by atoms with Crippen molar-refractivity contribution in [1.82, 2.24) is 5.32 Å². The Bertz CT molecular complexity index is 359. The summed E-state index contributed by atoms with van der Waals surface area (Å²) >= 11 is 0. The summed E-state index contributed by atoms with van der Waals surface area (Å²) in [7, 11) is 1.51. The first kappa shape index (κ1) is 16.5. The first-order chi connectivity index (χ1) is 7.41. The molecule has 1 amide bonds. The van der Waals surface area contributed by atoms with Crippen molar-refractivity contribution in [3.8, 4) is 0 Å². The standard InChI is InChI=1S/C10H20ClNO4S/c1-7(2)8(6-17(11,14)15)12-9(13)16-10(3,4)5/h7-8H,6H2,1-5H3,(H,12,13)/t8-/m1/s1. The van der Waals surface area contributed by atoms with Crippen molar-refractivity contribution in [3.05, 3.63) is 0 Å². The molecule has 1 N–H and O–H groups in total. The molecule has 0 bridgehead atoms. The van der Waals surface area contributed by atoms with Crippen molar-refractivity contribution in [3.63, 3.8) is 0 Å². The van der Waals surface area contributed by atoms with Crippen LogP contribution in [0, 0.1) is 5.92 Å². The highest BCUT2D eigenvalue weighted by atomic mass is 35.7. The van der Waals surface area contributed by atoms with E-state index < -0.39 is 26.8 Å². The van der Waals surface area contributed by atoms with Crippen molar-refractivity contribution >= 4 is 25.8 Å². The maximum absolute atomic E-state index is 11.5. The largest absolute Gasteiger partial charge is 0.444 e. The second kappa shape index (κ2) is 5.91. The fourth-order valence-corrected chi connectivity index (χ4v) is 2.38. The van der Waals surface area contributed by atoms with Crippen molar-refractivity contribution < 1.29 is 17.9 Å². The van der Waals surface area contributed by atoms with E-state index in [-0.39, 0.29) is 11.7 Å². The Morgan fingerprint density at radius 2 is 1.82 bits per heavy atom. The Hall–Kier alpha value is -0.490. The summed E-state index contributed by atoms with van der Waals surface area (Å²) in [6, 6.07) is -0.563. The molecule has 0 unspecified atom stereocenters. The summed E-state index contributed by atoms with van der Waals surface area (Å²) in [5.41, 5.74) is -0.620. The molecule has 0 fully saturated rings. The van der Waals surface area contributed by atoms with Gasteiger partial charge in [0.2, 0.25) is 9.05 Å². The molecule has 7 heteroatoms. The molecule has 0 radical (unpaired) electrons. The molecular formula is C10H20ClNO4S. The molecule has 0 spiro atoms. The van der Waals surface area contributed by atoms with Crippen LogP contribution in [0.25, 0.3) is 0 Å². The number of ether oxygens (including phenoxy) is 1. The third-order valence-electron chi connectivity index (χ3n) is 1.89. The first-order valence-corrected chi connectivity index (χ1v) is 7.80. The zero-order chi connectivity index (χ0) is 13.9. The van der Waals surface area contributed by atoms with Gasteiger partial charge in [-0.1, -0.05) is 13.8 Å². The summed E-state index contributed by atoms with van der Waals surface area (Å²) < 4.78 is 27.0. The molecule has 102 valence electrons. The van der Waals surface area contributed by atoms with Gasteiger partial charge in [0.15, 0.2) is 0 Å². The number of amides is 1. The fourth-order valence-electron chi connectivity index (χ4n) is 1.07. The molecule has 0 rings (SSSR count). The number of halogens is 1. The van der Waals surface area contributed by atoms with Crippen molar-refractivity contribution in [2.24, 2.45) is 5.92 Å². The van der Waals surface area contributed by atoms with Crippen LogP contribution in [0.1, 0.15) is 34.6 Å². The van der Waals surface area contributed by atoms with Crippen molar-refractivity contribution in [2.75, 3.05) is 5.75 Å². The van der Waals surface area contributed by atoms with Crippen LogP contribution in [0.4, 0.5) is 4.79 Å². The number of rotatable bonds is 4. The van der Waals surface area contributed by atoms with Gasteiger partial charge in [-0.25, -0.2) is 13.2 Å². The van der Waals surface area contributed by atoms with Gasteiger partial charge in [-0.3, -0.25) is 0 Å². The Morgan fingerprint density at radius 3 is 2.12 bits per heavy atom. The highest BCUT2D eigenvalue weighted by Crippen LogP contribution is 2.11. The van der Waals surface area contributed by atoms with Crippen LogP contribution in [0.5, 0.6) is 0 Å². The predicted octanol–water partition coefficient (Wildman–Crippen LogP) is 2.10. The average Bonchev–Trinajstić information content (AvgIpc) is 1.95. The zero-order valence-electron chi connectivity index (χ0n) is 10.8. The molecule has 0 aromatic carbocycles. The van der Waals surface area contributed by atoms with Crippen LogP contribution in [-0.2, 0) is 13.8 Å². The molecule has 0 saturated heterocycles.